The Balaban J connectivity index is 0.00000192. The summed E-state index contributed by atoms with van der Waals surface area (Å²) < 4.78 is 5.87. The molecule has 3 rings (SSSR count). The number of aryl methyl sites for hydroxylation is 1. The van der Waals surface area contributed by atoms with Crippen molar-refractivity contribution in [1.82, 2.24) is 10.6 Å². The Kier molecular flexibility index (Phi) is 6.35. The number of nitrogens with one attached hydrogen (secondary N) is 2. The Morgan fingerprint density at radius 2 is 2.26 bits per heavy atom. The predicted octanol–water partition coefficient (Wildman–Crippen LogP) is 3.54. The maximum absolute atomic E-state index is 5.87. The lowest BCUT2D eigenvalue weighted by Crippen LogP contribution is -2.67. The lowest BCUT2D eigenvalue weighted by Gasteiger charge is -2.54. The molecule has 0 radical (unpaired) electrons. The summed E-state index contributed by atoms with van der Waals surface area (Å²) >= 11 is 1.78. The lowest BCUT2D eigenvalue weighted by molar-refractivity contribution is -0.106. The molecule has 1 aromatic heterocycles. The Labute approximate surface area is 160 Å². The van der Waals surface area contributed by atoms with Crippen LogP contribution in [0.5, 0.6) is 0 Å². The summed E-state index contributed by atoms with van der Waals surface area (Å²) in [7, 11) is 0. The van der Waals surface area contributed by atoms with E-state index in [0.29, 0.717) is 18.1 Å². The predicted molar refractivity (Wildman–Crippen MR) is 108 cm³/mol. The van der Waals surface area contributed by atoms with Gasteiger partial charge in [0.2, 0.25) is 0 Å². The first-order chi connectivity index (χ1) is 10.5. The van der Waals surface area contributed by atoms with Crippen LogP contribution in [0, 0.1) is 18.3 Å². The summed E-state index contributed by atoms with van der Waals surface area (Å²) in [6.07, 6.45) is 1.57. The van der Waals surface area contributed by atoms with Crippen LogP contribution in [0.1, 0.15) is 37.6 Å². The number of fused-ring (bicyclic) bond motifs is 1. The van der Waals surface area contributed by atoms with Gasteiger partial charge in [-0.2, -0.15) is 0 Å². The van der Waals surface area contributed by atoms with E-state index >= 15 is 0 Å². The van der Waals surface area contributed by atoms with E-state index in [4.69, 9.17) is 9.73 Å². The molecule has 2 fully saturated rings. The number of ether oxygens (including phenoxy) is 1. The van der Waals surface area contributed by atoms with Gasteiger partial charge >= 0.3 is 0 Å². The Bertz CT molecular complexity index is 558. The van der Waals surface area contributed by atoms with E-state index < -0.39 is 0 Å². The SMILES string of the molecule is CCNC(=NCc1sccc1C)NC1C2CCOC2C1(C)C.I. The van der Waals surface area contributed by atoms with Gasteiger partial charge in [-0.3, -0.25) is 0 Å². The average molecular weight is 449 g/mol. The van der Waals surface area contributed by atoms with E-state index in [1.54, 1.807) is 11.3 Å². The Hall–Kier alpha value is -0.340. The Morgan fingerprint density at radius 3 is 2.91 bits per heavy atom. The van der Waals surface area contributed by atoms with Crippen LogP contribution in [0.15, 0.2) is 16.4 Å². The van der Waals surface area contributed by atoms with Crippen molar-refractivity contribution in [2.24, 2.45) is 16.3 Å². The zero-order chi connectivity index (χ0) is 15.7. The minimum absolute atomic E-state index is 0. The summed E-state index contributed by atoms with van der Waals surface area (Å²) in [6.45, 7) is 11.4. The fourth-order valence-electron chi connectivity index (χ4n) is 3.80. The Morgan fingerprint density at radius 1 is 1.48 bits per heavy atom. The van der Waals surface area contributed by atoms with Gasteiger partial charge in [-0.25, -0.2) is 4.99 Å². The summed E-state index contributed by atoms with van der Waals surface area (Å²) in [4.78, 5) is 6.12. The summed E-state index contributed by atoms with van der Waals surface area (Å²) in [5.74, 6) is 1.56. The highest BCUT2D eigenvalue weighted by molar-refractivity contribution is 14.0. The lowest BCUT2D eigenvalue weighted by atomic mass is 9.57. The highest BCUT2D eigenvalue weighted by Crippen LogP contribution is 2.52. The number of rotatable bonds is 4. The molecular formula is C17H28IN3OS. The van der Waals surface area contributed by atoms with Crippen molar-refractivity contribution in [3.05, 3.63) is 21.9 Å². The van der Waals surface area contributed by atoms with Crippen LogP contribution < -0.4 is 10.6 Å². The molecule has 1 aliphatic heterocycles. The number of nitrogens with zero attached hydrogens (tertiary/aromatic N) is 1. The first-order valence-corrected chi connectivity index (χ1v) is 9.11. The minimum atomic E-state index is 0. The van der Waals surface area contributed by atoms with Crippen LogP contribution in [-0.4, -0.2) is 31.3 Å². The van der Waals surface area contributed by atoms with E-state index in [9.17, 15) is 0 Å². The van der Waals surface area contributed by atoms with Crippen LogP contribution in [-0.2, 0) is 11.3 Å². The third kappa shape index (κ3) is 3.69. The number of hydrogen-bond donors (Lipinski definition) is 2. The van der Waals surface area contributed by atoms with E-state index in [2.05, 4.69) is 49.8 Å². The van der Waals surface area contributed by atoms with Gasteiger partial charge in [0.1, 0.15) is 0 Å². The average Bonchev–Trinajstić information content (AvgIpc) is 3.09. The van der Waals surface area contributed by atoms with Gasteiger partial charge in [0, 0.05) is 35.4 Å². The molecule has 1 saturated carbocycles. The maximum atomic E-state index is 5.87. The van der Waals surface area contributed by atoms with Crippen LogP contribution in [0.2, 0.25) is 0 Å². The van der Waals surface area contributed by atoms with E-state index in [-0.39, 0.29) is 29.4 Å². The third-order valence-corrected chi connectivity index (χ3v) is 6.09. The minimum Gasteiger partial charge on any atom is -0.377 e. The quantitative estimate of drug-likeness (QED) is 0.420. The smallest absolute Gasteiger partial charge is 0.191 e. The highest BCUT2D eigenvalue weighted by atomic mass is 127. The highest BCUT2D eigenvalue weighted by Gasteiger charge is 2.59. The molecule has 130 valence electrons. The number of halogens is 1. The van der Waals surface area contributed by atoms with E-state index in [1.807, 2.05) is 0 Å². The van der Waals surface area contributed by atoms with Crippen LogP contribution >= 0.6 is 35.3 Å². The van der Waals surface area contributed by atoms with Gasteiger partial charge in [0.15, 0.2) is 5.96 Å². The molecule has 1 aromatic rings. The zero-order valence-electron chi connectivity index (χ0n) is 14.4. The molecule has 1 aliphatic carbocycles. The molecule has 0 spiro atoms. The van der Waals surface area contributed by atoms with E-state index in [0.717, 1.165) is 32.1 Å². The molecule has 0 bridgehead atoms. The van der Waals surface area contributed by atoms with Gasteiger partial charge < -0.3 is 15.4 Å². The molecule has 2 N–H and O–H groups in total. The molecule has 4 nitrogen and oxygen atoms in total. The molecule has 1 saturated heterocycles. The summed E-state index contributed by atoms with van der Waals surface area (Å²) in [6, 6.07) is 2.60. The first-order valence-electron chi connectivity index (χ1n) is 8.23. The second kappa shape index (κ2) is 7.70. The maximum Gasteiger partial charge on any atom is 0.191 e. The molecule has 0 amide bonds. The molecule has 2 heterocycles. The molecule has 3 atom stereocenters. The molecular weight excluding hydrogens is 421 g/mol. The van der Waals surface area contributed by atoms with Crippen molar-refractivity contribution in [3.8, 4) is 0 Å². The van der Waals surface area contributed by atoms with Crippen molar-refractivity contribution in [3.63, 3.8) is 0 Å². The fourth-order valence-corrected chi connectivity index (χ4v) is 4.63. The number of hydrogen-bond acceptors (Lipinski definition) is 3. The van der Waals surface area contributed by atoms with Crippen LogP contribution in [0.25, 0.3) is 0 Å². The van der Waals surface area contributed by atoms with Crippen molar-refractivity contribution in [2.75, 3.05) is 13.2 Å². The standard InChI is InChI=1S/C17H27N3OS.HI/c1-5-18-16(19-10-13-11(2)7-9-22-13)20-14-12-6-8-21-15(12)17(14,3)4;/h7,9,12,14-15H,5-6,8,10H2,1-4H3,(H2,18,19,20);1H. The van der Waals surface area contributed by atoms with Crippen molar-refractivity contribution in [2.45, 2.75) is 52.8 Å². The second-order valence-electron chi connectivity index (χ2n) is 6.91. The van der Waals surface area contributed by atoms with Gasteiger partial charge in [-0.05, 0) is 37.3 Å². The van der Waals surface area contributed by atoms with Gasteiger partial charge in [-0.1, -0.05) is 13.8 Å². The summed E-state index contributed by atoms with van der Waals surface area (Å²) in [5, 5.41) is 9.18. The molecule has 3 unspecified atom stereocenters. The number of aliphatic imine (C=N–C) groups is 1. The second-order valence-corrected chi connectivity index (χ2v) is 7.91. The molecule has 2 aliphatic rings. The van der Waals surface area contributed by atoms with Crippen molar-refractivity contribution < 1.29 is 4.74 Å². The molecule has 23 heavy (non-hydrogen) atoms. The van der Waals surface area contributed by atoms with Crippen LogP contribution in [0.3, 0.4) is 0 Å². The van der Waals surface area contributed by atoms with Crippen molar-refractivity contribution in [1.29, 1.82) is 0 Å². The van der Waals surface area contributed by atoms with Gasteiger partial charge in [0.05, 0.1) is 12.6 Å². The number of thiophene rings is 1. The largest absolute Gasteiger partial charge is 0.377 e. The van der Waals surface area contributed by atoms with Gasteiger partial charge in [-0.15, -0.1) is 35.3 Å². The monoisotopic (exact) mass is 449 g/mol. The zero-order valence-corrected chi connectivity index (χ0v) is 17.5. The number of guanidine groups is 1. The first kappa shape index (κ1) is 19.0. The fraction of sp³-hybridized carbons (Fsp3) is 0.706. The third-order valence-electron chi connectivity index (χ3n) is 5.09. The van der Waals surface area contributed by atoms with Crippen molar-refractivity contribution >= 4 is 41.3 Å². The topological polar surface area (TPSA) is 45.7 Å². The van der Waals surface area contributed by atoms with E-state index in [1.165, 1.54) is 10.4 Å². The van der Waals surface area contributed by atoms with Crippen LogP contribution in [0.4, 0.5) is 0 Å². The normalized spacial score (nSPS) is 28.5. The molecule has 0 aromatic carbocycles. The summed E-state index contributed by atoms with van der Waals surface area (Å²) in [5.41, 5.74) is 1.51. The molecule has 6 heteroatoms. The van der Waals surface area contributed by atoms with Gasteiger partial charge in [0.25, 0.3) is 0 Å².